The van der Waals surface area contributed by atoms with Gasteiger partial charge >= 0.3 is 12.1 Å². The maximum absolute atomic E-state index is 12.8. The fraction of sp³-hybridized carbons (Fsp3) is 0.357. The van der Waals surface area contributed by atoms with Gasteiger partial charge in [0.05, 0.1) is 13.1 Å². The topological polar surface area (TPSA) is 115 Å². The van der Waals surface area contributed by atoms with Gasteiger partial charge in [-0.2, -0.15) is 0 Å². The largest absolute Gasteiger partial charge is 0.333 e. The maximum Gasteiger partial charge on any atom is 0.333 e. The summed E-state index contributed by atoms with van der Waals surface area (Å²) in [4.78, 5) is 79.4. The molecule has 0 atom stereocenters. The van der Waals surface area contributed by atoms with Gasteiger partial charge in [-0.05, 0) is 24.0 Å². The lowest BCUT2D eigenvalue weighted by Gasteiger charge is -2.33. The second-order valence-corrected chi connectivity index (χ2v) is 9.35. The lowest BCUT2D eigenvalue weighted by molar-refractivity contribution is -0.144. The molecule has 38 heavy (non-hydrogen) atoms. The minimum atomic E-state index is -0.609. The van der Waals surface area contributed by atoms with Crippen molar-refractivity contribution in [2.75, 3.05) is 13.1 Å². The summed E-state index contributed by atoms with van der Waals surface area (Å²) in [5, 5.41) is 0. The molecule has 8 amide bonds. The number of hydrogen-bond acceptors (Lipinski definition) is 6. The number of nitrogens with zero attached hydrogens (tertiary/aromatic N) is 4. The molecule has 2 fully saturated rings. The number of unbranched alkanes of at least 4 members (excludes halogenated alkanes) is 3. The molecule has 4 rings (SSSR count). The van der Waals surface area contributed by atoms with Crippen molar-refractivity contribution in [1.82, 2.24) is 19.6 Å². The number of imide groups is 4. The van der Waals surface area contributed by atoms with Crippen LogP contribution in [-0.2, 0) is 32.3 Å². The summed E-state index contributed by atoms with van der Waals surface area (Å²) in [6, 6.07) is 17.0. The van der Waals surface area contributed by atoms with E-state index in [-0.39, 0.29) is 39.0 Å². The van der Waals surface area contributed by atoms with Gasteiger partial charge < -0.3 is 0 Å². The number of benzene rings is 2. The molecule has 2 aromatic carbocycles. The molecule has 10 nitrogen and oxygen atoms in total. The van der Waals surface area contributed by atoms with E-state index < -0.39 is 35.7 Å². The molecule has 2 aromatic rings. The molecule has 2 aliphatic heterocycles. The minimum Gasteiger partial charge on any atom is -0.274 e. The Morgan fingerprint density at radius 1 is 0.447 bits per heavy atom. The number of carbonyl (C=O) groups excluding carboxylic acids is 6. The molecule has 0 radical (unpaired) electrons. The van der Waals surface area contributed by atoms with Crippen LogP contribution in [0.15, 0.2) is 60.7 Å². The lowest BCUT2D eigenvalue weighted by atomic mass is 10.1. The van der Waals surface area contributed by atoms with Crippen molar-refractivity contribution in [2.24, 2.45) is 0 Å². The first kappa shape index (κ1) is 26.7. The van der Waals surface area contributed by atoms with Crippen LogP contribution in [0.2, 0.25) is 0 Å². The summed E-state index contributed by atoms with van der Waals surface area (Å²) in [7, 11) is 0. The minimum absolute atomic E-state index is 0.115. The van der Waals surface area contributed by atoms with E-state index in [1.54, 1.807) is 0 Å². The van der Waals surface area contributed by atoms with Crippen molar-refractivity contribution in [3.05, 3.63) is 71.8 Å². The zero-order chi connectivity index (χ0) is 27.1. The predicted octanol–water partition coefficient (Wildman–Crippen LogP) is 3.31. The summed E-state index contributed by atoms with van der Waals surface area (Å²) < 4.78 is 0. The molecular weight excluding hydrogens is 488 g/mol. The van der Waals surface area contributed by atoms with Gasteiger partial charge in [-0.1, -0.05) is 73.5 Å². The predicted molar refractivity (Wildman–Crippen MR) is 136 cm³/mol. The molecule has 0 N–H and O–H groups in total. The molecular formula is C28H30N4O6. The van der Waals surface area contributed by atoms with Crippen LogP contribution in [-0.4, -0.2) is 68.4 Å². The molecule has 198 valence electrons. The van der Waals surface area contributed by atoms with Gasteiger partial charge in [0.2, 0.25) is 23.6 Å². The Morgan fingerprint density at radius 3 is 1.16 bits per heavy atom. The second-order valence-electron chi connectivity index (χ2n) is 9.35. The summed E-state index contributed by atoms with van der Waals surface area (Å²) in [5.74, 6) is -2.01. The molecule has 2 heterocycles. The van der Waals surface area contributed by atoms with Crippen LogP contribution in [0.3, 0.4) is 0 Å². The first-order valence-electron chi connectivity index (χ1n) is 12.7. The van der Waals surface area contributed by atoms with E-state index in [0.717, 1.165) is 30.7 Å². The molecule has 0 aromatic heterocycles. The monoisotopic (exact) mass is 518 g/mol. The highest BCUT2D eigenvalue weighted by Gasteiger charge is 2.38. The van der Waals surface area contributed by atoms with Gasteiger partial charge in [-0.25, -0.2) is 9.59 Å². The fourth-order valence-corrected chi connectivity index (χ4v) is 4.54. The fourth-order valence-electron chi connectivity index (χ4n) is 4.54. The van der Waals surface area contributed by atoms with Crippen LogP contribution >= 0.6 is 0 Å². The van der Waals surface area contributed by atoms with E-state index in [4.69, 9.17) is 0 Å². The van der Waals surface area contributed by atoms with E-state index in [2.05, 4.69) is 0 Å². The van der Waals surface area contributed by atoms with Crippen molar-refractivity contribution < 1.29 is 28.8 Å². The molecule has 2 saturated heterocycles. The Balaban J connectivity index is 1.23. The van der Waals surface area contributed by atoms with E-state index >= 15 is 0 Å². The second kappa shape index (κ2) is 12.3. The van der Waals surface area contributed by atoms with Crippen LogP contribution in [0.5, 0.6) is 0 Å². The summed E-state index contributed by atoms with van der Waals surface area (Å²) in [6.45, 7) is 0.613. The van der Waals surface area contributed by atoms with Crippen LogP contribution in [0, 0.1) is 0 Å². The van der Waals surface area contributed by atoms with Gasteiger partial charge in [0.25, 0.3) is 0 Å². The molecule has 0 bridgehead atoms. The number of urea groups is 2. The maximum atomic E-state index is 12.8. The van der Waals surface area contributed by atoms with Crippen LogP contribution in [0.4, 0.5) is 9.59 Å². The Kier molecular flexibility index (Phi) is 8.62. The van der Waals surface area contributed by atoms with Gasteiger partial charge in [0.15, 0.2) is 0 Å². The third-order valence-corrected chi connectivity index (χ3v) is 6.61. The van der Waals surface area contributed by atoms with Crippen molar-refractivity contribution >= 4 is 35.7 Å². The average Bonchev–Trinajstić information content (AvgIpc) is 2.90. The smallest absolute Gasteiger partial charge is 0.274 e. The molecule has 2 aliphatic rings. The number of carbonyl (C=O) groups is 6. The molecule has 10 heteroatoms. The Bertz CT molecular complexity index is 1120. The highest BCUT2D eigenvalue weighted by Crippen LogP contribution is 2.19. The lowest BCUT2D eigenvalue weighted by Crippen LogP contribution is -2.54. The molecule has 0 aliphatic carbocycles. The third-order valence-electron chi connectivity index (χ3n) is 6.61. The van der Waals surface area contributed by atoms with Crippen LogP contribution < -0.4 is 0 Å². The van der Waals surface area contributed by atoms with Crippen molar-refractivity contribution in [2.45, 2.75) is 51.6 Å². The number of rotatable bonds is 11. The zero-order valence-corrected chi connectivity index (χ0v) is 21.1. The highest BCUT2D eigenvalue weighted by molar-refractivity contribution is 6.14. The Hall–Kier alpha value is -4.34. The van der Waals surface area contributed by atoms with Gasteiger partial charge in [-0.15, -0.1) is 0 Å². The van der Waals surface area contributed by atoms with Crippen molar-refractivity contribution in [3.8, 4) is 0 Å². The van der Waals surface area contributed by atoms with Crippen LogP contribution in [0.1, 0.15) is 49.7 Å². The Morgan fingerprint density at radius 2 is 0.789 bits per heavy atom. The summed E-state index contributed by atoms with van der Waals surface area (Å²) in [5.41, 5.74) is 1.60. The van der Waals surface area contributed by atoms with E-state index in [9.17, 15) is 28.8 Å². The number of barbiturate groups is 2. The van der Waals surface area contributed by atoms with E-state index in [1.165, 1.54) is 0 Å². The SMILES string of the molecule is O=C1CC(=O)N(Cc2ccccc2)C(=O)N1CCCCCCN1C(=O)CC(=O)N(Cc2ccccc2)C1=O. The average molecular weight is 519 g/mol. The highest BCUT2D eigenvalue weighted by atomic mass is 16.2. The number of hydrogen-bond donors (Lipinski definition) is 0. The number of amides is 8. The zero-order valence-electron chi connectivity index (χ0n) is 21.1. The normalized spacial score (nSPS) is 16.6. The molecule has 0 saturated carbocycles. The van der Waals surface area contributed by atoms with E-state index in [1.807, 2.05) is 60.7 Å². The molecule has 0 spiro atoms. The third kappa shape index (κ3) is 6.31. The van der Waals surface area contributed by atoms with Gasteiger partial charge in [0.1, 0.15) is 12.8 Å². The molecule has 0 unspecified atom stereocenters. The van der Waals surface area contributed by atoms with E-state index in [0.29, 0.717) is 25.7 Å². The first-order valence-corrected chi connectivity index (χ1v) is 12.7. The van der Waals surface area contributed by atoms with Gasteiger partial charge in [-0.3, -0.25) is 38.8 Å². The standard InChI is InChI=1S/C28H30N4O6/c33-23-17-25(35)31(19-21-11-5-3-6-12-21)27(37)29(23)15-9-1-2-10-16-30-24(34)18-26(36)32(28(30)38)20-22-13-7-4-8-14-22/h3-8,11-14H,1-2,9-10,15-20H2. The summed E-state index contributed by atoms with van der Waals surface area (Å²) in [6.07, 6.45) is 1.71. The summed E-state index contributed by atoms with van der Waals surface area (Å²) >= 11 is 0. The van der Waals surface area contributed by atoms with Gasteiger partial charge in [0, 0.05) is 13.1 Å². The quantitative estimate of drug-likeness (QED) is 0.333. The van der Waals surface area contributed by atoms with Crippen molar-refractivity contribution in [3.63, 3.8) is 0 Å². The first-order chi connectivity index (χ1) is 18.3. The Labute approximate surface area is 220 Å². The van der Waals surface area contributed by atoms with Crippen LogP contribution in [0.25, 0.3) is 0 Å². The van der Waals surface area contributed by atoms with Crippen molar-refractivity contribution in [1.29, 1.82) is 0 Å².